The smallest absolute Gasteiger partial charge is 0.115 e. The number of phenolic OH excluding ortho intramolecular Hbond substituents is 1. The molecule has 1 unspecified atom stereocenters. The molecule has 2 N–H and O–H groups in total. The number of nitrogens with one attached hydrogen (secondary N) is 1. The van der Waals surface area contributed by atoms with E-state index >= 15 is 0 Å². The highest BCUT2D eigenvalue weighted by Crippen LogP contribution is 2.26. The van der Waals surface area contributed by atoms with E-state index < -0.39 is 0 Å². The molecule has 1 atom stereocenters. The van der Waals surface area contributed by atoms with Crippen LogP contribution in [0.15, 0.2) is 24.3 Å². The summed E-state index contributed by atoms with van der Waals surface area (Å²) in [6.45, 7) is 7.07. The van der Waals surface area contributed by atoms with Crippen LogP contribution in [0.5, 0.6) is 5.75 Å². The molecule has 0 radical (unpaired) electrons. The summed E-state index contributed by atoms with van der Waals surface area (Å²) in [5.41, 5.74) is 1.31. The lowest BCUT2D eigenvalue weighted by atomic mass is 9.86. The first-order valence-corrected chi connectivity index (χ1v) is 7.74. The molecule has 1 heterocycles. The minimum atomic E-state index is 0.126. The molecule has 0 aliphatic carbocycles. The Balaban J connectivity index is 2.09. The van der Waals surface area contributed by atoms with E-state index in [1.165, 1.54) is 37.9 Å². The zero-order chi connectivity index (χ0) is 14.6. The van der Waals surface area contributed by atoms with E-state index in [0.717, 1.165) is 6.42 Å². The second kappa shape index (κ2) is 6.59. The normalized spacial score (nSPS) is 18.9. The summed E-state index contributed by atoms with van der Waals surface area (Å²) in [6, 6.07) is 7.99. The van der Waals surface area contributed by atoms with Crippen LogP contribution in [0.25, 0.3) is 0 Å². The van der Waals surface area contributed by atoms with E-state index in [4.69, 9.17) is 0 Å². The van der Waals surface area contributed by atoms with Crippen LogP contribution in [0.4, 0.5) is 0 Å². The maximum absolute atomic E-state index is 9.62. The monoisotopic (exact) mass is 276 g/mol. The third-order valence-corrected chi connectivity index (χ3v) is 4.72. The SMILES string of the molecule is CNC(Cc1cccc(O)c1)C(C)(C)N1CCCCC1. The molecule has 0 amide bonds. The van der Waals surface area contributed by atoms with Gasteiger partial charge in [-0.1, -0.05) is 18.6 Å². The van der Waals surface area contributed by atoms with Crippen molar-refractivity contribution in [1.29, 1.82) is 0 Å². The zero-order valence-corrected chi connectivity index (χ0v) is 13.0. The summed E-state index contributed by atoms with van der Waals surface area (Å²) in [7, 11) is 2.04. The van der Waals surface area contributed by atoms with Gasteiger partial charge in [-0.3, -0.25) is 4.90 Å². The Kier molecular flexibility index (Phi) is 5.06. The molecular weight excluding hydrogens is 248 g/mol. The van der Waals surface area contributed by atoms with Gasteiger partial charge in [-0.15, -0.1) is 0 Å². The van der Waals surface area contributed by atoms with Gasteiger partial charge >= 0.3 is 0 Å². The summed E-state index contributed by atoms with van der Waals surface area (Å²) >= 11 is 0. The largest absolute Gasteiger partial charge is 0.508 e. The number of piperidine rings is 1. The molecule has 1 aliphatic heterocycles. The molecule has 3 nitrogen and oxygen atoms in total. The van der Waals surface area contributed by atoms with Gasteiger partial charge < -0.3 is 10.4 Å². The second-order valence-corrected chi connectivity index (χ2v) is 6.42. The fourth-order valence-corrected chi connectivity index (χ4v) is 3.31. The molecule has 2 rings (SSSR count). The van der Waals surface area contributed by atoms with Gasteiger partial charge in [-0.05, 0) is 70.9 Å². The zero-order valence-electron chi connectivity index (χ0n) is 13.0. The van der Waals surface area contributed by atoms with Gasteiger partial charge in [0.05, 0.1) is 0 Å². The highest BCUT2D eigenvalue weighted by Gasteiger charge is 2.35. The van der Waals surface area contributed by atoms with Gasteiger partial charge in [0.15, 0.2) is 0 Å². The van der Waals surface area contributed by atoms with Crippen LogP contribution < -0.4 is 5.32 Å². The summed E-state index contributed by atoms with van der Waals surface area (Å²) in [5.74, 6) is 0.355. The Morgan fingerprint density at radius 2 is 1.95 bits per heavy atom. The van der Waals surface area contributed by atoms with Gasteiger partial charge in [0.25, 0.3) is 0 Å². The van der Waals surface area contributed by atoms with E-state index in [0.29, 0.717) is 11.8 Å². The van der Waals surface area contributed by atoms with Crippen LogP contribution in [0.3, 0.4) is 0 Å². The number of rotatable bonds is 5. The van der Waals surface area contributed by atoms with Gasteiger partial charge in [0, 0.05) is 11.6 Å². The molecule has 3 heteroatoms. The molecule has 0 spiro atoms. The molecule has 1 fully saturated rings. The van der Waals surface area contributed by atoms with Gasteiger partial charge in [-0.25, -0.2) is 0 Å². The summed E-state index contributed by atoms with van der Waals surface area (Å²) in [6.07, 6.45) is 4.93. The summed E-state index contributed by atoms with van der Waals surface area (Å²) in [5, 5.41) is 13.1. The molecule has 1 aromatic carbocycles. The molecule has 1 aliphatic rings. The summed E-state index contributed by atoms with van der Waals surface area (Å²) in [4.78, 5) is 2.61. The Morgan fingerprint density at radius 1 is 1.25 bits per heavy atom. The number of nitrogens with zero attached hydrogens (tertiary/aromatic N) is 1. The lowest BCUT2D eigenvalue weighted by molar-refractivity contribution is 0.0635. The topological polar surface area (TPSA) is 35.5 Å². The average Bonchev–Trinajstić information content (AvgIpc) is 2.45. The first-order chi connectivity index (χ1) is 9.54. The van der Waals surface area contributed by atoms with Crippen molar-refractivity contribution >= 4 is 0 Å². The van der Waals surface area contributed by atoms with Gasteiger partial charge in [-0.2, -0.15) is 0 Å². The van der Waals surface area contributed by atoms with E-state index in [2.05, 4.69) is 30.1 Å². The van der Waals surface area contributed by atoms with Crippen molar-refractivity contribution in [3.8, 4) is 5.75 Å². The van der Waals surface area contributed by atoms with Gasteiger partial charge in [0.1, 0.15) is 5.75 Å². The van der Waals surface area contributed by atoms with Crippen molar-refractivity contribution < 1.29 is 5.11 Å². The molecule has 20 heavy (non-hydrogen) atoms. The van der Waals surface area contributed by atoms with Gasteiger partial charge in [0.2, 0.25) is 0 Å². The molecule has 1 saturated heterocycles. The van der Waals surface area contributed by atoms with Crippen molar-refractivity contribution in [2.24, 2.45) is 0 Å². The number of likely N-dealkylation sites (tertiary alicyclic amines) is 1. The number of hydrogen-bond donors (Lipinski definition) is 2. The second-order valence-electron chi connectivity index (χ2n) is 6.42. The fourth-order valence-electron chi connectivity index (χ4n) is 3.31. The minimum absolute atomic E-state index is 0.126. The van der Waals surface area contributed by atoms with Crippen LogP contribution in [0.1, 0.15) is 38.7 Å². The third-order valence-electron chi connectivity index (χ3n) is 4.72. The Labute approximate surface area is 123 Å². The van der Waals surface area contributed by atoms with Crippen LogP contribution in [-0.4, -0.2) is 41.7 Å². The Hall–Kier alpha value is -1.06. The number of benzene rings is 1. The maximum Gasteiger partial charge on any atom is 0.115 e. The van der Waals surface area contributed by atoms with Crippen LogP contribution >= 0.6 is 0 Å². The van der Waals surface area contributed by atoms with E-state index in [-0.39, 0.29) is 5.54 Å². The van der Waals surface area contributed by atoms with E-state index in [1.807, 2.05) is 19.2 Å². The van der Waals surface area contributed by atoms with Crippen LogP contribution in [-0.2, 0) is 6.42 Å². The standard InChI is InChI=1S/C17H28N2O/c1-17(2,19-10-5-4-6-11-19)16(18-3)13-14-8-7-9-15(20)12-14/h7-9,12,16,18,20H,4-6,10-11,13H2,1-3H3. The highest BCUT2D eigenvalue weighted by atomic mass is 16.3. The first kappa shape index (κ1) is 15.3. The Bertz CT molecular complexity index is 425. The molecule has 1 aromatic rings. The predicted octanol–water partition coefficient (Wildman–Crippen LogP) is 2.79. The van der Waals surface area contributed by atoms with Crippen molar-refractivity contribution in [2.45, 2.75) is 51.1 Å². The summed E-state index contributed by atoms with van der Waals surface area (Å²) < 4.78 is 0. The minimum Gasteiger partial charge on any atom is -0.508 e. The number of hydrogen-bond acceptors (Lipinski definition) is 3. The van der Waals surface area contributed by atoms with E-state index in [9.17, 15) is 5.11 Å². The Morgan fingerprint density at radius 3 is 2.55 bits per heavy atom. The molecule has 0 aromatic heterocycles. The molecule has 0 bridgehead atoms. The first-order valence-electron chi connectivity index (χ1n) is 7.74. The number of phenols is 1. The van der Waals surface area contributed by atoms with Crippen LogP contribution in [0, 0.1) is 0 Å². The van der Waals surface area contributed by atoms with E-state index in [1.54, 1.807) is 6.07 Å². The molecule has 112 valence electrons. The fraction of sp³-hybridized carbons (Fsp3) is 0.647. The van der Waals surface area contributed by atoms with Crippen LogP contribution in [0.2, 0.25) is 0 Å². The predicted molar refractivity (Wildman–Crippen MR) is 84.2 cm³/mol. The number of aromatic hydroxyl groups is 1. The lowest BCUT2D eigenvalue weighted by Crippen LogP contribution is -2.59. The molecular formula is C17H28N2O. The van der Waals surface area contributed by atoms with Crippen molar-refractivity contribution in [3.63, 3.8) is 0 Å². The van der Waals surface area contributed by atoms with Crippen molar-refractivity contribution in [1.82, 2.24) is 10.2 Å². The quantitative estimate of drug-likeness (QED) is 0.868. The average molecular weight is 276 g/mol. The highest BCUT2D eigenvalue weighted by molar-refractivity contribution is 5.28. The number of likely N-dealkylation sites (N-methyl/N-ethyl adjacent to an activating group) is 1. The lowest BCUT2D eigenvalue weighted by Gasteiger charge is -2.46. The molecule has 0 saturated carbocycles. The maximum atomic E-state index is 9.62. The van der Waals surface area contributed by atoms with Crippen molar-refractivity contribution in [3.05, 3.63) is 29.8 Å². The van der Waals surface area contributed by atoms with Crippen molar-refractivity contribution in [2.75, 3.05) is 20.1 Å². The third kappa shape index (κ3) is 3.53.